The van der Waals surface area contributed by atoms with Gasteiger partial charge in [-0.05, 0) is 38.5 Å². The molecule has 10 nitrogen and oxygen atoms in total. The minimum Gasteiger partial charge on any atom is -0.437 e. The van der Waals surface area contributed by atoms with Crippen LogP contribution < -0.4 is 5.32 Å². The standard InChI is InChI=1S/C26H31N3O7S/c1-19(2)29-23(18-37(33,34)22-12-8-5-9-13-22)35-24(30)14-15-25(31)36-28(26(29)32)17-16-27-20(3)21-10-6-4-7-11-21/h4-15,19-20,23,27H,16-18H2,1-3H3/b15-14-. The summed E-state index contributed by atoms with van der Waals surface area (Å²) in [6.07, 6.45) is 0.202. The van der Waals surface area contributed by atoms with Gasteiger partial charge in [0.15, 0.2) is 16.1 Å². The Bertz CT molecular complexity index is 1220. The summed E-state index contributed by atoms with van der Waals surface area (Å²) < 4.78 is 31.6. The molecule has 0 aliphatic carbocycles. The molecule has 37 heavy (non-hydrogen) atoms. The van der Waals surface area contributed by atoms with Crippen LogP contribution in [-0.2, 0) is 29.0 Å². The van der Waals surface area contributed by atoms with E-state index in [9.17, 15) is 22.8 Å². The second-order valence-electron chi connectivity index (χ2n) is 8.70. The number of hydrogen-bond acceptors (Lipinski definition) is 8. The van der Waals surface area contributed by atoms with Crippen molar-refractivity contribution in [2.75, 3.05) is 18.8 Å². The summed E-state index contributed by atoms with van der Waals surface area (Å²) >= 11 is 0. The molecular weight excluding hydrogens is 498 g/mol. The Morgan fingerprint density at radius 2 is 1.49 bits per heavy atom. The zero-order chi connectivity index (χ0) is 27.0. The number of nitrogens with one attached hydrogen (secondary N) is 1. The number of cyclic esters (lactones) is 1. The van der Waals surface area contributed by atoms with Gasteiger partial charge in [-0.3, -0.25) is 4.90 Å². The van der Waals surface area contributed by atoms with Gasteiger partial charge in [-0.1, -0.05) is 48.5 Å². The normalized spacial score (nSPS) is 18.8. The van der Waals surface area contributed by atoms with E-state index in [0.29, 0.717) is 0 Å². The molecule has 2 unspecified atom stereocenters. The number of carbonyl (C=O) groups is 3. The van der Waals surface area contributed by atoms with Crippen molar-refractivity contribution >= 4 is 27.8 Å². The Balaban J connectivity index is 1.85. The van der Waals surface area contributed by atoms with Crippen LogP contribution >= 0.6 is 0 Å². The number of hydrogen-bond donors (Lipinski definition) is 1. The molecule has 0 saturated heterocycles. The predicted molar refractivity (Wildman–Crippen MR) is 136 cm³/mol. The Hall–Kier alpha value is -3.70. The Morgan fingerprint density at radius 1 is 0.892 bits per heavy atom. The van der Waals surface area contributed by atoms with E-state index < -0.39 is 45.8 Å². The van der Waals surface area contributed by atoms with Crippen molar-refractivity contribution < 1.29 is 32.4 Å². The van der Waals surface area contributed by atoms with Gasteiger partial charge in [0, 0.05) is 30.8 Å². The summed E-state index contributed by atoms with van der Waals surface area (Å²) in [4.78, 5) is 44.5. The number of sulfone groups is 1. The highest BCUT2D eigenvalue weighted by Crippen LogP contribution is 2.20. The van der Waals surface area contributed by atoms with Crippen LogP contribution in [0, 0.1) is 0 Å². The zero-order valence-electron chi connectivity index (χ0n) is 20.9. The van der Waals surface area contributed by atoms with Gasteiger partial charge in [-0.15, -0.1) is 0 Å². The number of ether oxygens (including phenoxy) is 1. The Labute approximate surface area is 216 Å². The van der Waals surface area contributed by atoms with Crippen molar-refractivity contribution in [3.63, 3.8) is 0 Å². The lowest BCUT2D eigenvalue weighted by Crippen LogP contribution is -2.56. The quantitative estimate of drug-likeness (QED) is 0.492. The Morgan fingerprint density at radius 3 is 2.11 bits per heavy atom. The maximum absolute atomic E-state index is 13.6. The summed E-state index contributed by atoms with van der Waals surface area (Å²) in [6, 6.07) is 15.9. The minimum absolute atomic E-state index is 0.0252. The van der Waals surface area contributed by atoms with Crippen LogP contribution in [-0.4, -0.2) is 67.5 Å². The first-order valence-electron chi connectivity index (χ1n) is 11.8. The van der Waals surface area contributed by atoms with Crippen LogP contribution in [0.1, 0.15) is 32.4 Å². The van der Waals surface area contributed by atoms with Crippen molar-refractivity contribution in [3.05, 3.63) is 78.4 Å². The molecule has 0 radical (unpaired) electrons. The van der Waals surface area contributed by atoms with Crippen LogP contribution in [0.4, 0.5) is 4.79 Å². The average molecular weight is 530 g/mol. The van der Waals surface area contributed by atoms with Gasteiger partial charge < -0.3 is 14.9 Å². The van der Waals surface area contributed by atoms with Crippen LogP contribution in [0.5, 0.6) is 0 Å². The molecule has 1 aliphatic heterocycles. The molecule has 1 heterocycles. The summed E-state index contributed by atoms with van der Waals surface area (Å²) in [5, 5.41) is 4.11. The maximum Gasteiger partial charge on any atom is 0.356 e. The summed E-state index contributed by atoms with van der Waals surface area (Å²) in [7, 11) is -3.94. The predicted octanol–water partition coefficient (Wildman–Crippen LogP) is 2.84. The van der Waals surface area contributed by atoms with Crippen molar-refractivity contribution in [2.45, 2.75) is 44.0 Å². The van der Waals surface area contributed by atoms with E-state index in [4.69, 9.17) is 9.57 Å². The number of urea groups is 1. The van der Waals surface area contributed by atoms with Crippen molar-refractivity contribution in [2.24, 2.45) is 0 Å². The summed E-state index contributed by atoms with van der Waals surface area (Å²) in [5.41, 5.74) is 1.04. The number of nitrogens with zero attached hydrogens (tertiary/aromatic N) is 2. The third kappa shape index (κ3) is 7.64. The number of benzene rings is 2. The lowest BCUT2D eigenvalue weighted by Gasteiger charge is -2.37. The van der Waals surface area contributed by atoms with Gasteiger partial charge >= 0.3 is 18.0 Å². The van der Waals surface area contributed by atoms with Gasteiger partial charge in [-0.2, -0.15) is 5.06 Å². The van der Waals surface area contributed by atoms with Crippen molar-refractivity contribution in [1.29, 1.82) is 0 Å². The fraction of sp³-hybridized carbons (Fsp3) is 0.346. The molecule has 3 rings (SSSR count). The molecule has 2 aromatic carbocycles. The molecule has 0 bridgehead atoms. The molecule has 11 heteroatoms. The number of hydroxylamine groups is 2. The monoisotopic (exact) mass is 529 g/mol. The first-order valence-corrected chi connectivity index (χ1v) is 13.5. The maximum atomic E-state index is 13.6. The molecular formula is C26H31N3O7S. The van der Waals surface area contributed by atoms with E-state index >= 15 is 0 Å². The van der Waals surface area contributed by atoms with Gasteiger partial charge in [0.2, 0.25) is 0 Å². The average Bonchev–Trinajstić information content (AvgIpc) is 2.87. The molecule has 2 amide bonds. The molecule has 2 atom stereocenters. The van der Waals surface area contributed by atoms with E-state index in [1.165, 1.54) is 12.1 Å². The second kappa shape index (κ2) is 12.5. The summed E-state index contributed by atoms with van der Waals surface area (Å²) in [6.45, 7) is 5.47. The number of carbonyl (C=O) groups excluding carboxylic acids is 3. The highest BCUT2D eigenvalue weighted by Gasteiger charge is 2.37. The SMILES string of the molecule is CC(NCCN1OC(=O)/C=C\C(=O)OC(CS(=O)(=O)c2ccccc2)N(C(C)C)C1=O)c1ccccc1. The molecule has 1 aliphatic rings. The molecule has 0 saturated carbocycles. The smallest absolute Gasteiger partial charge is 0.356 e. The first-order chi connectivity index (χ1) is 17.6. The highest BCUT2D eigenvalue weighted by atomic mass is 32.2. The summed E-state index contributed by atoms with van der Waals surface area (Å²) in [5.74, 6) is -2.60. The van der Waals surface area contributed by atoms with Crippen LogP contribution in [0.25, 0.3) is 0 Å². The molecule has 1 N–H and O–H groups in total. The third-order valence-corrected chi connectivity index (χ3v) is 7.35. The van der Waals surface area contributed by atoms with E-state index in [2.05, 4.69) is 5.32 Å². The van der Waals surface area contributed by atoms with Crippen molar-refractivity contribution in [1.82, 2.24) is 15.3 Å². The fourth-order valence-corrected chi connectivity index (χ4v) is 5.13. The fourth-order valence-electron chi connectivity index (χ4n) is 3.76. The number of amides is 2. The number of rotatable bonds is 9. The lowest BCUT2D eigenvalue weighted by molar-refractivity contribution is -0.178. The van der Waals surface area contributed by atoms with E-state index in [-0.39, 0.29) is 24.0 Å². The van der Waals surface area contributed by atoms with Crippen LogP contribution in [0.2, 0.25) is 0 Å². The zero-order valence-corrected chi connectivity index (χ0v) is 21.8. The van der Waals surface area contributed by atoms with E-state index in [1.54, 1.807) is 32.0 Å². The molecule has 0 spiro atoms. The lowest BCUT2D eigenvalue weighted by atomic mass is 10.1. The largest absolute Gasteiger partial charge is 0.437 e. The topological polar surface area (TPSA) is 122 Å². The van der Waals surface area contributed by atoms with Gasteiger partial charge in [-0.25, -0.2) is 22.8 Å². The number of esters is 1. The highest BCUT2D eigenvalue weighted by molar-refractivity contribution is 7.91. The van der Waals surface area contributed by atoms with Crippen LogP contribution in [0.15, 0.2) is 77.7 Å². The van der Waals surface area contributed by atoms with Crippen LogP contribution in [0.3, 0.4) is 0 Å². The molecule has 2 aromatic rings. The van der Waals surface area contributed by atoms with Gasteiger partial charge in [0.1, 0.15) is 5.75 Å². The van der Waals surface area contributed by atoms with Gasteiger partial charge in [0.05, 0.1) is 11.4 Å². The minimum atomic E-state index is -3.94. The van der Waals surface area contributed by atoms with E-state index in [0.717, 1.165) is 27.7 Å². The Kier molecular flexibility index (Phi) is 9.42. The molecule has 0 fully saturated rings. The molecule has 198 valence electrons. The first kappa shape index (κ1) is 27.9. The van der Waals surface area contributed by atoms with Gasteiger partial charge in [0.25, 0.3) is 0 Å². The van der Waals surface area contributed by atoms with E-state index in [1.807, 2.05) is 37.3 Å². The van der Waals surface area contributed by atoms with Crippen molar-refractivity contribution in [3.8, 4) is 0 Å². The molecule has 0 aromatic heterocycles. The second-order valence-corrected chi connectivity index (χ2v) is 10.7. The third-order valence-electron chi connectivity index (χ3n) is 5.64.